The second-order valence-corrected chi connectivity index (χ2v) is 4.93. The number of phenols is 1. The molecular formula is C17H18O2. The summed E-state index contributed by atoms with van der Waals surface area (Å²) in [5.74, 6) is 0.286. The number of rotatable bonds is 4. The van der Waals surface area contributed by atoms with Crippen LogP contribution in [0.1, 0.15) is 36.0 Å². The van der Waals surface area contributed by atoms with E-state index in [1.54, 1.807) is 13.0 Å². The lowest BCUT2D eigenvalue weighted by Gasteiger charge is -2.18. The van der Waals surface area contributed by atoms with Crippen LogP contribution in [-0.4, -0.2) is 10.9 Å². The molecule has 19 heavy (non-hydrogen) atoms. The van der Waals surface area contributed by atoms with Crippen LogP contribution < -0.4 is 0 Å². The number of Topliss-reactive ketones (excluding diaryl/α,β-unsaturated/α-hetero) is 1. The minimum absolute atomic E-state index is 0.0846. The third-order valence-corrected chi connectivity index (χ3v) is 3.25. The summed E-state index contributed by atoms with van der Waals surface area (Å²) >= 11 is 0. The van der Waals surface area contributed by atoms with Crippen LogP contribution in [0.2, 0.25) is 0 Å². The summed E-state index contributed by atoms with van der Waals surface area (Å²) in [5, 5.41) is 10.1. The van der Waals surface area contributed by atoms with Crippen molar-refractivity contribution < 1.29 is 9.90 Å². The summed E-state index contributed by atoms with van der Waals surface area (Å²) in [6, 6.07) is 15.4. The lowest BCUT2D eigenvalue weighted by atomic mass is 9.86. The molecule has 0 saturated carbocycles. The highest BCUT2D eigenvalue weighted by Crippen LogP contribution is 2.34. The van der Waals surface area contributed by atoms with Crippen molar-refractivity contribution in [3.8, 4) is 5.75 Å². The van der Waals surface area contributed by atoms with Crippen LogP contribution in [0, 0.1) is 6.92 Å². The number of carbonyl (C=O) groups is 1. The number of phenolic OH excluding ortho intramolecular Hbond substituents is 1. The zero-order chi connectivity index (χ0) is 13.8. The van der Waals surface area contributed by atoms with Crippen LogP contribution in [-0.2, 0) is 4.79 Å². The van der Waals surface area contributed by atoms with Gasteiger partial charge in [-0.3, -0.25) is 4.79 Å². The van der Waals surface area contributed by atoms with E-state index in [1.807, 2.05) is 49.4 Å². The van der Waals surface area contributed by atoms with Crippen molar-refractivity contribution in [3.63, 3.8) is 0 Å². The van der Waals surface area contributed by atoms with Crippen molar-refractivity contribution in [2.24, 2.45) is 0 Å². The Labute approximate surface area is 113 Å². The lowest BCUT2D eigenvalue weighted by Crippen LogP contribution is -2.06. The van der Waals surface area contributed by atoms with Crippen molar-refractivity contribution >= 4 is 5.78 Å². The molecule has 2 nitrogen and oxygen atoms in total. The van der Waals surface area contributed by atoms with Gasteiger partial charge in [0.25, 0.3) is 0 Å². The molecular weight excluding hydrogens is 236 g/mol. The zero-order valence-corrected chi connectivity index (χ0v) is 11.3. The minimum Gasteiger partial charge on any atom is -0.508 e. The highest BCUT2D eigenvalue weighted by Gasteiger charge is 2.19. The summed E-state index contributed by atoms with van der Waals surface area (Å²) in [7, 11) is 0. The van der Waals surface area contributed by atoms with E-state index in [1.165, 1.54) is 0 Å². The van der Waals surface area contributed by atoms with Crippen molar-refractivity contribution in [2.45, 2.75) is 26.2 Å². The van der Waals surface area contributed by atoms with Crippen LogP contribution in [0.4, 0.5) is 0 Å². The van der Waals surface area contributed by atoms with E-state index in [-0.39, 0.29) is 17.5 Å². The third-order valence-electron chi connectivity index (χ3n) is 3.25. The molecule has 2 heteroatoms. The largest absolute Gasteiger partial charge is 0.508 e. The topological polar surface area (TPSA) is 37.3 Å². The molecule has 2 aromatic rings. The fraction of sp³-hybridized carbons (Fsp3) is 0.235. The molecule has 2 rings (SSSR count). The van der Waals surface area contributed by atoms with Crippen LogP contribution in [0.25, 0.3) is 0 Å². The van der Waals surface area contributed by atoms with Gasteiger partial charge in [-0.1, -0.05) is 48.0 Å². The van der Waals surface area contributed by atoms with Gasteiger partial charge in [-0.15, -0.1) is 0 Å². The number of ketones is 1. The summed E-state index contributed by atoms with van der Waals surface area (Å²) in [6.45, 7) is 3.57. The van der Waals surface area contributed by atoms with E-state index in [0.29, 0.717) is 6.42 Å². The van der Waals surface area contributed by atoms with Gasteiger partial charge < -0.3 is 5.11 Å². The average molecular weight is 254 g/mol. The van der Waals surface area contributed by atoms with E-state index in [0.717, 1.165) is 16.7 Å². The van der Waals surface area contributed by atoms with Gasteiger partial charge in [-0.05, 0) is 25.5 Å². The Hall–Kier alpha value is -2.09. The Morgan fingerprint density at radius 3 is 2.47 bits per heavy atom. The molecule has 0 fully saturated rings. The molecule has 0 heterocycles. The lowest BCUT2D eigenvalue weighted by molar-refractivity contribution is -0.117. The Morgan fingerprint density at radius 2 is 1.84 bits per heavy atom. The molecule has 0 amide bonds. The molecule has 0 saturated heterocycles. The predicted octanol–water partition coefficient (Wildman–Crippen LogP) is 3.81. The van der Waals surface area contributed by atoms with Crippen molar-refractivity contribution in [2.75, 3.05) is 0 Å². The predicted molar refractivity (Wildman–Crippen MR) is 76.4 cm³/mol. The first-order valence-corrected chi connectivity index (χ1v) is 6.42. The first-order valence-electron chi connectivity index (χ1n) is 6.42. The Kier molecular flexibility index (Phi) is 4.00. The highest BCUT2D eigenvalue weighted by atomic mass is 16.3. The second-order valence-electron chi connectivity index (χ2n) is 4.93. The van der Waals surface area contributed by atoms with E-state index < -0.39 is 0 Å². The van der Waals surface area contributed by atoms with Crippen LogP contribution in [0.3, 0.4) is 0 Å². The summed E-state index contributed by atoms with van der Waals surface area (Å²) in [4.78, 5) is 11.5. The number of hydrogen-bond acceptors (Lipinski definition) is 2. The van der Waals surface area contributed by atoms with Gasteiger partial charge in [-0.25, -0.2) is 0 Å². The maximum atomic E-state index is 11.5. The number of aromatic hydroxyl groups is 1. The summed E-state index contributed by atoms with van der Waals surface area (Å²) in [5.41, 5.74) is 2.96. The van der Waals surface area contributed by atoms with Gasteiger partial charge in [0.05, 0.1) is 0 Å². The van der Waals surface area contributed by atoms with Crippen molar-refractivity contribution in [1.29, 1.82) is 0 Å². The van der Waals surface area contributed by atoms with Gasteiger partial charge in [0.15, 0.2) is 0 Å². The summed E-state index contributed by atoms with van der Waals surface area (Å²) in [6.07, 6.45) is 0.404. The first kappa shape index (κ1) is 13.3. The summed E-state index contributed by atoms with van der Waals surface area (Å²) < 4.78 is 0. The smallest absolute Gasteiger partial charge is 0.130 e. The van der Waals surface area contributed by atoms with Crippen LogP contribution >= 0.6 is 0 Å². The van der Waals surface area contributed by atoms with Gasteiger partial charge in [-0.2, -0.15) is 0 Å². The number of carbonyl (C=O) groups excluding carboxylic acids is 1. The fourth-order valence-corrected chi connectivity index (χ4v) is 2.33. The van der Waals surface area contributed by atoms with Crippen LogP contribution in [0.5, 0.6) is 5.75 Å². The number of benzene rings is 2. The number of hydrogen-bond donors (Lipinski definition) is 1. The molecule has 0 aliphatic carbocycles. The van der Waals surface area contributed by atoms with Crippen LogP contribution in [0.15, 0.2) is 48.5 Å². The quantitative estimate of drug-likeness (QED) is 0.900. The molecule has 1 N–H and O–H groups in total. The number of aryl methyl sites for hydroxylation is 1. The third kappa shape index (κ3) is 3.22. The highest BCUT2D eigenvalue weighted by molar-refractivity contribution is 5.77. The van der Waals surface area contributed by atoms with Crippen molar-refractivity contribution in [3.05, 3.63) is 65.2 Å². The maximum Gasteiger partial charge on any atom is 0.130 e. The van der Waals surface area contributed by atoms with E-state index >= 15 is 0 Å². The first-order chi connectivity index (χ1) is 9.08. The zero-order valence-electron chi connectivity index (χ0n) is 11.3. The molecule has 0 aliphatic rings. The maximum absolute atomic E-state index is 11.5. The molecule has 2 aromatic carbocycles. The Bertz CT molecular complexity index is 573. The van der Waals surface area contributed by atoms with Gasteiger partial charge in [0, 0.05) is 17.9 Å². The van der Waals surface area contributed by atoms with Gasteiger partial charge >= 0.3 is 0 Å². The SMILES string of the molecule is CC(=O)CC(c1ccccc1)c1cc(C)ccc1O. The average Bonchev–Trinajstić information content (AvgIpc) is 2.40. The molecule has 0 radical (unpaired) electrons. The van der Waals surface area contributed by atoms with E-state index in [9.17, 15) is 9.90 Å². The Morgan fingerprint density at radius 1 is 1.16 bits per heavy atom. The molecule has 1 atom stereocenters. The molecule has 98 valence electrons. The molecule has 0 spiro atoms. The van der Waals surface area contributed by atoms with Gasteiger partial charge in [0.2, 0.25) is 0 Å². The standard InChI is InChI=1S/C17H18O2/c1-12-8-9-17(19)16(10-12)15(11-13(2)18)14-6-4-3-5-7-14/h3-10,15,19H,11H2,1-2H3. The molecule has 0 aromatic heterocycles. The molecule has 0 bridgehead atoms. The molecule has 0 aliphatic heterocycles. The Balaban J connectivity index is 2.48. The second kappa shape index (κ2) is 5.70. The van der Waals surface area contributed by atoms with Crippen molar-refractivity contribution in [1.82, 2.24) is 0 Å². The monoisotopic (exact) mass is 254 g/mol. The van der Waals surface area contributed by atoms with Gasteiger partial charge in [0.1, 0.15) is 11.5 Å². The normalized spacial score (nSPS) is 12.1. The molecule has 1 unspecified atom stereocenters. The van der Waals surface area contributed by atoms with E-state index in [2.05, 4.69) is 0 Å². The fourth-order valence-electron chi connectivity index (χ4n) is 2.33. The minimum atomic E-state index is -0.0846. The van der Waals surface area contributed by atoms with E-state index in [4.69, 9.17) is 0 Å².